The Kier molecular flexibility index (Phi) is 4.71. The van der Waals surface area contributed by atoms with Crippen molar-refractivity contribution < 1.29 is 0 Å². The first-order valence-electron chi connectivity index (χ1n) is 7.11. The Morgan fingerprint density at radius 1 is 1.32 bits per heavy atom. The average Bonchev–Trinajstić information content (AvgIpc) is 2.86. The summed E-state index contributed by atoms with van der Waals surface area (Å²) >= 11 is 1.46. The minimum Gasteiger partial charge on any atom is -0.192 e. The smallest absolute Gasteiger partial charge is 0.122 e. The molecule has 114 valence electrons. The lowest BCUT2D eigenvalue weighted by molar-refractivity contribution is 0.620. The average molecular weight is 312 g/mol. The molecule has 2 aromatic rings. The highest BCUT2D eigenvalue weighted by Crippen LogP contribution is 2.34. The Bertz CT molecular complexity index is 727. The maximum absolute atomic E-state index is 11.2. The highest BCUT2D eigenvalue weighted by molar-refractivity contribution is 7.06. The Balaban J connectivity index is 2.62. The van der Waals surface area contributed by atoms with E-state index in [-0.39, 0.29) is 0 Å². The van der Waals surface area contributed by atoms with Crippen molar-refractivity contribution in [2.75, 3.05) is 0 Å². The standard InChI is InChI=1S/C18H20N2OS/c1-12(2)16(18(4,5)20-21)11-15-13(3)22-19-17(15)14-9-7-6-8-10-14/h6-11H,1H2,2-5H3/b16-11+. The molecule has 0 bridgehead atoms. The number of hydrogen-bond acceptors (Lipinski definition) is 4. The molecule has 0 unspecified atom stereocenters. The Morgan fingerprint density at radius 2 is 1.95 bits per heavy atom. The van der Waals surface area contributed by atoms with Crippen LogP contribution in [0.3, 0.4) is 0 Å². The van der Waals surface area contributed by atoms with Gasteiger partial charge in [-0.25, -0.2) is 0 Å². The lowest BCUT2D eigenvalue weighted by Crippen LogP contribution is -2.19. The fourth-order valence-corrected chi connectivity index (χ4v) is 3.05. The number of rotatable bonds is 5. The van der Waals surface area contributed by atoms with Crippen LogP contribution in [-0.2, 0) is 0 Å². The van der Waals surface area contributed by atoms with Crippen molar-refractivity contribution in [2.45, 2.75) is 33.2 Å². The van der Waals surface area contributed by atoms with Crippen molar-refractivity contribution >= 4 is 17.6 Å². The summed E-state index contributed by atoms with van der Waals surface area (Å²) in [6.45, 7) is 11.5. The van der Waals surface area contributed by atoms with E-state index >= 15 is 0 Å². The molecule has 0 saturated heterocycles. The molecule has 0 aliphatic heterocycles. The second-order valence-corrected chi connectivity index (χ2v) is 6.83. The quantitative estimate of drug-likeness (QED) is 0.531. The van der Waals surface area contributed by atoms with Gasteiger partial charge in [-0.3, -0.25) is 0 Å². The van der Waals surface area contributed by atoms with Gasteiger partial charge in [-0.05, 0) is 50.9 Å². The molecule has 3 nitrogen and oxygen atoms in total. The maximum Gasteiger partial charge on any atom is 0.122 e. The van der Waals surface area contributed by atoms with Gasteiger partial charge in [0, 0.05) is 16.0 Å². The third kappa shape index (κ3) is 3.22. The molecule has 0 atom stereocenters. The number of aryl methyl sites for hydroxylation is 1. The number of hydrogen-bond donors (Lipinski definition) is 0. The molecule has 0 aliphatic rings. The number of benzene rings is 1. The first-order chi connectivity index (χ1) is 10.4. The van der Waals surface area contributed by atoms with Crippen molar-refractivity contribution in [1.82, 2.24) is 4.37 Å². The summed E-state index contributed by atoms with van der Waals surface area (Å²) in [4.78, 5) is 12.3. The minimum atomic E-state index is -0.811. The van der Waals surface area contributed by atoms with E-state index in [4.69, 9.17) is 0 Å². The van der Waals surface area contributed by atoms with Crippen LogP contribution in [0.5, 0.6) is 0 Å². The second kappa shape index (κ2) is 6.36. The predicted molar refractivity (Wildman–Crippen MR) is 95.0 cm³/mol. The van der Waals surface area contributed by atoms with Crippen molar-refractivity contribution in [1.29, 1.82) is 0 Å². The molecule has 2 rings (SSSR count). The van der Waals surface area contributed by atoms with Crippen LogP contribution in [0.2, 0.25) is 0 Å². The first-order valence-corrected chi connectivity index (χ1v) is 7.88. The van der Waals surface area contributed by atoms with Crippen LogP contribution >= 0.6 is 11.5 Å². The normalized spacial score (nSPS) is 12.3. The third-order valence-electron chi connectivity index (χ3n) is 3.59. The molecule has 1 aromatic carbocycles. The van der Waals surface area contributed by atoms with Crippen LogP contribution in [0.25, 0.3) is 17.3 Å². The summed E-state index contributed by atoms with van der Waals surface area (Å²) in [5, 5.41) is 3.26. The zero-order valence-corrected chi connectivity index (χ0v) is 14.2. The van der Waals surface area contributed by atoms with E-state index in [2.05, 4.69) is 16.1 Å². The molecule has 4 heteroatoms. The van der Waals surface area contributed by atoms with E-state index in [1.54, 1.807) is 13.8 Å². The van der Waals surface area contributed by atoms with Crippen molar-refractivity contribution in [2.24, 2.45) is 5.18 Å². The first kappa shape index (κ1) is 16.3. The van der Waals surface area contributed by atoms with Gasteiger partial charge in [0.2, 0.25) is 0 Å². The third-order valence-corrected chi connectivity index (χ3v) is 4.36. The number of nitroso groups, excluding NO2 is 1. The topological polar surface area (TPSA) is 42.3 Å². The number of aromatic nitrogens is 1. The zero-order chi connectivity index (χ0) is 16.3. The van der Waals surface area contributed by atoms with Crippen molar-refractivity contribution in [3.8, 4) is 11.3 Å². The van der Waals surface area contributed by atoms with Gasteiger partial charge in [0.15, 0.2) is 0 Å². The highest BCUT2D eigenvalue weighted by Gasteiger charge is 2.26. The van der Waals surface area contributed by atoms with Gasteiger partial charge in [0.25, 0.3) is 0 Å². The predicted octanol–water partition coefficient (Wildman–Crippen LogP) is 5.62. The van der Waals surface area contributed by atoms with Gasteiger partial charge in [-0.1, -0.05) is 47.7 Å². The molecular weight excluding hydrogens is 292 g/mol. The van der Waals surface area contributed by atoms with Crippen molar-refractivity contribution in [3.05, 3.63) is 63.4 Å². The van der Waals surface area contributed by atoms with Gasteiger partial charge in [-0.15, -0.1) is 4.91 Å². The SMILES string of the molecule is C=C(C)/C(=C\c1c(-c2ccccc2)nsc1C)C(C)(C)N=O. The number of nitrogens with zero attached hydrogens (tertiary/aromatic N) is 2. The molecule has 1 aromatic heterocycles. The zero-order valence-electron chi connectivity index (χ0n) is 13.4. The Labute approximate surface area is 135 Å². The lowest BCUT2D eigenvalue weighted by Gasteiger charge is -2.20. The Morgan fingerprint density at radius 3 is 2.50 bits per heavy atom. The van der Waals surface area contributed by atoms with Gasteiger partial charge in [-0.2, -0.15) is 4.37 Å². The highest BCUT2D eigenvalue weighted by atomic mass is 32.1. The summed E-state index contributed by atoms with van der Waals surface area (Å²) in [5.74, 6) is 0. The summed E-state index contributed by atoms with van der Waals surface area (Å²) < 4.78 is 4.56. The van der Waals surface area contributed by atoms with E-state index in [1.165, 1.54) is 11.5 Å². The van der Waals surface area contributed by atoms with E-state index in [9.17, 15) is 4.91 Å². The fourth-order valence-electron chi connectivity index (χ4n) is 2.37. The van der Waals surface area contributed by atoms with Gasteiger partial charge >= 0.3 is 0 Å². The second-order valence-electron chi connectivity index (χ2n) is 5.86. The van der Waals surface area contributed by atoms with Crippen LogP contribution in [0, 0.1) is 11.8 Å². The molecule has 0 fully saturated rings. The molecule has 0 spiro atoms. The lowest BCUT2D eigenvalue weighted by atomic mass is 9.88. The maximum atomic E-state index is 11.2. The Hall–Kier alpha value is -2.07. The molecule has 0 amide bonds. The van der Waals surface area contributed by atoms with Gasteiger partial charge < -0.3 is 0 Å². The molecule has 1 heterocycles. The molecule has 0 aliphatic carbocycles. The summed E-state index contributed by atoms with van der Waals surface area (Å²) in [5.41, 5.74) is 3.90. The van der Waals surface area contributed by atoms with Gasteiger partial charge in [0.05, 0.1) is 5.69 Å². The van der Waals surface area contributed by atoms with Crippen LogP contribution in [0.4, 0.5) is 0 Å². The largest absolute Gasteiger partial charge is 0.192 e. The summed E-state index contributed by atoms with van der Waals surface area (Å²) in [7, 11) is 0. The van der Waals surface area contributed by atoms with E-state index in [1.807, 2.05) is 50.3 Å². The van der Waals surface area contributed by atoms with Crippen LogP contribution < -0.4 is 0 Å². The van der Waals surface area contributed by atoms with Gasteiger partial charge in [0.1, 0.15) is 5.54 Å². The van der Waals surface area contributed by atoms with E-state index in [0.29, 0.717) is 0 Å². The summed E-state index contributed by atoms with van der Waals surface area (Å²) in [6.07, 6.45) is 2.00. The minimum absolute atomic E-state index is 0.811. The molecule has 0 radical (unpaired) electrons. The monoisotopic (exact) mass is 312 g/mol. The molecular formula is C18H20N2OS. The van der Waals surface area contributed by atoms with Crippen molar-refractivity contribution in [3.63, 3.8) is 0 Å². The van der Waals surface area contributed by atoms with E-state index in [0.717, 1.165) is 32.8 Å². The van der Waals surface area contributed by atoms with Crippen LogP contribution in [-0.4, -0.2) is 9.91 Å². The fraction of sp³-hybridized carbons (Fsp3) is 0.278. The van der Waals surface area contributed by atoms with Crippen LogP contribution in [0.1, 0.15) is 31.2 Å². The van der Waals surface area contributed by atoms with E-state index < -0.39 is 5.54 Å². The molecule has 22 heavy (non-hydrogen) atoms. The summed E-state index contributed by atoms with van der Waals surface area (Å²) in [6, 6.07) is 10.0. The molecule has 0 N–H and O–H groups in total. The molecule has 0 saturated carbocycles. The van der Waals surface area contributed by atoms with Crippen LogP contribution in [0.15, 0.2) is 53.2 Å².